The molecule has 2 rings (SSSR count). The fourth-order valence-electron chi connectivity index (χ4n) is 1.07. The second-order valence-electron chi connectivity index (χ2n) is 2.34. The van der Waals surface area contributed by atoms with Crippen LogP contribution in [0, 0.1) is 0 Å². The molecule has 1 atom stereocenters. The van der Waals surface area contributed by atoms with Gasteiger partial charge in [-0.25, -0.2) is 0 Å². The van der Waals surface area contributed by atoms with Crippen molar-refractivity contribution >= 4 is 38.9 Å². The largest absolute Gasteiger partial charge is 0.351 e. The second kappa shape index (κ2) is 2.57. The number of hydrogen-bond acceptors (Lipinski definition) is 2. The first-order valence-corrected chi connectivity index (χ1v) is 4.45. The summed E-state index contributed by atoms with van der Waals surface area (Å²) in [7, 11) is 0. The van der Waals surface area contributed by atoms with Gasteiger partial charge in [-0.2, -0.15) is 0 Å². The highest BCUT2D eigenvalue weighted by atomic mass is 79.9. The highest BCUT2D eigenvalue weighted by Gasteiger charge is 2.15. The molecule has 1 aromatic carbocycles. The molecule has 0 radical (unpaired) electrons. The Morgan fingerprint density at radius 1 is 1.27 bits per heavy atom. The highest BCUT2D eigenvalue weighted by Crippen LogP contribution is 2.32. The van der Waals surface area contributed by atoms with Crippen LogP contribution in [-0.2, 0) is 0 Å². The van der Waals surface area contributed by atoms with Crippen molar-refractivity contribution in [3.63, 3.8) is 0 Å². The van der Waals surface area contributed by atoms with Crippen LogP contribution in [0.4, 0.5) is 11.4 Å². The summed E-state index contributed by atoms with van der Waals surface area (Å²) in [4.78, 5) is 0. The van der Waals surface area contributed by atoms with Crippen molar-refractivity contribution in [3.05, 3.63) is 22.7 Å². The maximum absolute atomic E-state index is 5.79. The molecule has 1 heterocycles. The fourth-order valence-corrected chi connectivity index (χ4v) is 1.67. The summed E-state index contributed by atoms with van der Waals surface area (Å²) in [6, 6.07) is 5.95. The van der Waals surface area contributed by atoms with E-state index in [2.05, 4.69) is 26.6 Å². The minimum absolute atomic E-state index is 0.181. The minimum atomic E-state index is -0.181. The highest BCUT2D eigenvalue weighted by molar-refractivity contribution is 9.10. The summed E-state index contributed by atoms with van der Waals surface area (Å²) < 4.78 is 1.05. The Balaban J connectivity index is 2.43. The monoisotopic (exact) mass is 232 g/mol. The predicted octanol–water partition coefficient (Wildman–Crippen LogP) is 2.81. The zero-order valence-electron chi connectivity index (χ0n) is 5.57. The lowest BCUT2D eigenvalue weighted by Gasteiger charge is -1.98. The number of nitrogens with one attached hydrogen (secondary N) is 2. The normalized spacial score (nSPS) is 20.4. The quantitative estimate of drug-likeness (QED) is 0.532. The Hall–Kier alpha value is -0.410. The number of anilines is 2. The van der Waals surface area contributed by atoms with E-state index in [-0.39, 0.29) is 5.62 Å². The van der Waals surface area contributed by atoms with Crippen LogP contribution in [0.15, 0.2) is 22.7 Å². The molecule has 0 amide bonds. The van der Waals surface area contributed by atoms with Crippen molar-refractivity contribution in [1.29, 1.82) is 0 Å². The van der Waals surface area contributed by atoms with Crippen LogP contribution < -0.4 is 10.6 Å². The first-order chi connectivity index (χ1) is 5.25. The van der Waals surface area contributed by atoms with Crippen molar-refractivity contribution in [2.24, 2.45) is 0 Å². The Labute approximate surface area is 78.1 Å². The number of rotatable bonds is 0. The maximum atomic E-state index is 5.79. The van der Waals surface area contributed by atoms with Gasteiger partial charge in [-0.1, -0.05) is 27.5 Å². The minimum Gasteiger partial charge on any atom is -0.351 e. The van der Waals surface area contributed by atoms with Crippen LogP contribution in [-0.4, -0.2) is 5.62 Å². The van der Waals surface area contributed by atoms with Crippen molar-refractivity contribution in [1.82, 2.24) is 0 Å². The molecule has 2 N–H and O–H groups in total. The van der Waals surface area contributed by atoms with Crippen molar-refractivity contribution in [2.75, 3.05) is 10.6 Å². The van der Waals surface area contributed by atoms with E-state index >= 15 is 0 Å². The fraction of sp³-hybridized carbons (Fsp3) is 0.143. The van der Waals surface area contributed by atoms with Crippen LogP contribution in [0.5, 0.6) is 0 Å². The van der Waals surface area contributed by atoms with E-state index in [1.807, 2.05) is 18.2 Å². The van der Waals surface area contributed by atoms with Crippen molar-refractivity contribution in [2.45, 2.75) is 5.62 Å². The molecule has 0 aromatic heterocycles. The Morgan fingerprint density at radius 2 is 2.00 bits per heavy atom. The molecule has 0 saturated heterocycles. The van der Waals surface area contributed by atoms with E-state index < -0.39 is 0 Å². The summed E-state index contributed by atoms with van der Waals surface area (Å²) in [6.07, 6.45) is 0. The third-order valence-electron chi connectivity index (χ3n) is 1.55. The molecule has 2 nitrogen and oxygen atoms in total. The first-order valence-electron chi connectivity index (χ1n) is 3.22. The van der Waals surface area contributed by atoms with Crippen LogP contribution in [0.2, 0.25) is 0 Å². The average Bonchev–Trinajstić information content (AvgIpc) is 2.27. The summed E-state index contributed by atoms with van der Waals surface area (Å²) >= 11 is 9.17. The molecule has 0 saturated carbocycles. The Kier molecular flexibility index (Phi) is 1.69. The molecule has 0 bridgehead atoms. The topological polar surface area (TPSA) is 24.1 Å². The molecule has 1 aliphatic heterocycles. The number of fused-ring (bicyclic) bond motifs is 1. The number of hydrogen-bond donors (Lipinski definition) is 2. The van der Waals surface area contributed by atoms with Gasteiger partial charge in [0, 0.05) is 4.47 Å². The lowest BCUT2D eigenvalue weighted by molar-refractivity contribution is 1.19. The van der Waals surface area contributed by atoms with Gasteiger partial charge < -0.3 is 10.6 Å². The van der Waals surface area contributed by atoms with Gasteiger partial charge in [0.2, 0.25) is 0 Å². The van der Waals surface area contributed by atoms with Gasteiger partial charge in [0.05, 0.1) is 11.4 Å². The van der Waals surface area contributed by atoms with Crippen LogP contribution in [0.25, 0.3) is 0 Å². The number of alkyl halides is 1. The van der Waals surface area contributed by atoms with Gasteiger partial charge in [-0.3, -0.25) is 0 Å². The smallest absolute Gasteiger partial charge is 0.175 e. The standard InChI is InChI=1S/C7H6BrClN2/c8-4-1-2-5-6(3-4)11-7(9)10-5/h1-3,7,10-11H. The summed E-state index contributed by atoms with van der Waals surface area (Å²) in [5.41, 5.74) is 1.91. The number of halogens is 2. The molecular formula is C7H6BrClN2. The van der Waals surface area contributed by atoms with Crippen molar-refractivity contribution in [3.8, 4) is 0 Å². The maximum Gasteiger partial charge on any atom is 0.175 e. The zero-order chi connectivity index (χ0) is 7.84. The molecule has 1 aliphatic rings. The Bertz CT molecular complexity index is 290. The molecule has 0 fully saturated rings. The van der Waals surface area contributed by atoms with Gasteiger partial charge in [-0.15, -0.1) is 0 Å². The second-order valence-corrected chi connectivity index (χ2v) is 3.69. The van der Waals surface area contributed by atoms with Crippen molar-refractivity contribution < 1.29 is 0 Å². The lowest BCUT2D eigenvalue weighted by Crippen LogP contribution is -2.12. The molecule has 0 aliphatic carbocycles. The zero-order valence-corrected chi connectivity index (χ0v) is 7.91. The van der Waals surface area contributed by atoms with Gasteiger partial charge in [0.15, 0.2) is 5.62 Å². The van der Waals surface area contributed by atoms with E-state index in [9.17, 15) is 0 Å². The van der Waals surface area contributed by atoms with Gasteiger partial charge in [0.25, 0.3) is 0 Å². The molecule has 11 heavy (non-hydrogen) atoms. The number of benzene rings is 1. The molecular weight excluding hydrogens is 227 g/mol. The summed E-state index contributed by atoms with van der Waals surface area (Å²) in [5, 5.41) is 6.12. The SMILES string of the molecule is ClC1Nc2ccc(Br)cc2N1. The van der Waals surface area contributed by atoms with E-state index in [1.54, 1.807) is 0 Å². The van der Waals surface area contributed by atoms with Crippen LogP contribution in [0.3, 0.4) is 0 Å². The molecule has 4 heteroatoms. The van der Waals surface area contributed by atoms with Crippen LogP contribution >= 0.6 is 27.5 Å². The molecule has 58 valence electrons. The average molecular weight is 233 g/mol. The molecule has 1 aromatic rings. The lowest BCUT2D eigenvalue weighted by atomic mass is 10.3. The van der Waals surface area contributed by atoms with Crippen LogP contribution in [0.1, 0.15) is 0 Å². The van der Waals surface area contributed by atoms with E-state index in [0.717, 1.165) is 15.8 Å². The third kappa shape index (κ3) is 1.30. The molecule has 0 spiro atoms. The van der Waals surface area contributed by atoms with E-state index in [4.69, 9.17) is 11.6 Å². The van der Waals surface area contributed by atoms with E-state index in [1.165, 1.54) is 0 Å². The third-order valence-corrected chi connectivity index (χ3v) is 2.26. The van der Waals surface area contributed by atoms with Gasteiger partial charge in [-0.05, 0) is 18.2 Å². The summed E-state index contributed by atoms with van der Waals surface area (Å²) in [5.74, 6) is 0. The van der Waals surface area contributed by atoms with E-state index in [0.29, 0.717) is 0 Å². The summed E-state index contributed by atoms with van der Waals surface area (Å²) in [6.45, 7) is 0. The molecule has 1 unspecified atom stereocenters. The van der Waals surface area contributed by atoms with Gasteiger partial charge >= 0.3 is 0 Å². The first kappa shape index (κ1) is 7.25. The Morgan fingerprint density at radius 3 is 2.82 bits per heavy atom. The predicted molar refractivity (Wildman–Crippen MR) is 51.0 cm³/mol. The van der Waals surface area contributed by atoms with Gasteiger partial charge in [0.1, 0.15) is 0 Å².